The van der Waals surface area contributed by atoms with E-state index in [0.29, 0.717) is 23.8 Å². The van der Waals surface area contributed by atoms with Gasteiger partial charge in [-0.3, -0.25) is 9.78 Å². The van der Waals surface area contributed by atoms with Crippen LogP contribution in [0.5, 0.6) is 11.5 Å². The van der Waals surface area contributed by atoms with Crippen LogP contribution in [-0.4, -0.2) is 35.1 Å². The Morgan fingerprint density at radius 3 is 2.87 bits per heavy atom. The number of halogens is 1. The second-order valence-electron chi connectivity index (χ2n) is 4.43. The molecule has 2 N–H and O–H groups in total. The van der Waals surface area contributed by atoms with Crippen molar-refractivity contribution in [1.82, 2.24) is 15.2 Å². The molecule has 0 saturated carbocycles. The van der Waals surface area contributed by atoms with Gasteiger partial charge in [0.05, 0.1) is 24.4 Å². The van der Waals surface area contributed by atoms with Gasteiger partial charge in [-0.05, 0) is 47.5 Å². The van der Waals surface area contributed by atoms with E-state index in [0.717, 1.165) is 10.0 Å². The van der Waals surface area contributed by atoms with Crippen LogP contribution in [0.1, 0.15) is 18.2 Å². The van der Waals surface area contributed by atoms with E-state index < -0.39 is 0 Å². The molecule has 0 atom stereocenters. The van der Waals surface area contributed by atoms with Gasteiger partial charge in [0.1, 0.15) is 5.69 Å². The van der Waals surface area contributed by atoms with Gasteiger partial charge in [-0.15, -0.1) is 10.2 Å². The number of aryl methyl sites for hydroxylation is 1. The smallest absolute Gasteiger partial charge is 0.274 e. The maximum atomic E-state index is 11.4. The maximum absolute atomic E-state index is 11.4. The first kappa shape index (κ1) is 16.9. The van der Waals surface area contributed by atoms with E-state index in [1.807, 2.05) is 13.0 Å². The molecule has 1 heterocycles. The van der Waals surface area contributed by atoms with Crippen molar-refractivity contribution in [1.29, 1.82) is 0 Å². The van der Waals surface area contributed by atoms with E-state index in [4.69, 9.17) is 9.47 Å². The Morgan fingerprint density at radius 2 is 2.22 bits per heavy atom. The number of hydrogen-bond acceptors (Lipinski definition) is 7. The minimum Gasteiger partial charge on any atom is -0.493 e. The number of nitrogens with one attached hydrogen (secondary N) is 2. The third-order valence-electron chi connectivity index (χ3n) is 2.79. The molecule has 9 heteroatoms. The highest BCUT2D eigenvalue weighted by Crippen LogP contribution is 2.36. The topological polar surface area (TPSA) is 101 Å². The van der Waals surface area contributed by atoms with Crippen LogP contribution in [0.15, 0.2) is 26.5 Å². The lowest BCUT2D eigenvalue weighted by Crippen LogP contribution is -2.15. The Kier molecular flexibility index (Phi) is 5.69. The summed E-state index contributed by atoms with van der Waals surface area (Å²) >= 11 is 3.44. The second-order valence-corrected chi connectivity index (χ2v) is 5.28. The molecule has 23 heavy (non-hydrogen) atoms. The number of rotatable bonds is 6. The quantitative estimate of drug-likeness (QED) is 0.586. The lowest BCUT2D eigenvalue weighted by Gasteiger charge is -2.11. The fourth-order valence-corrected chi connectivity index (χ4v) is 2.28. The van der Waals surface area contributed by atoms with Crippen molar-refractivity contribution < 1.29 is 9.47 Å². The molecule has 1 aromatic carbocycles. The summed E-state index contributed by atoms with van der Waals surface area (Å²) in [6.45, 7) is 4.00. The van der Waals surface area contributed by atoms with Crippen LogP contribution in [0, 0.1) is 6.92 Å². The monoisotopic (exact) mass is 381 g/mol. The van der Waals surface area contributed by atoms with Crippen molar-refractivity contribution in [2.24, 2.45) is 5.10 Å². The number of hydrogen-bond donors (Lipinski definition) is 2. The maximum Gasteiger partial charge on any atom is 0.274 e. The van der Waals surface area contributed by atoms with E-state index >= 15 is 0 Å². The van der Waals surface area contributed by atoms with Gasteiger partial charge in [0, 0.05) is 0 Å². The highest BCUT2D eigenvalue weighted by Gasteiger charge is 2.10. The summed E-state index contributed by atoms with van der Waals surface area (Å²) < 4.78 is 11.6. The summed E-state index contributed by atoms with van der Waals surface area (Å²) in [4.78, 5) is 13.9. The molecule has 0 bridgehead atoms. The first-order chi connectivity index (χ1) is 11.0. The molecule has 122 valence electrons. The molecular weight excluding hydrogens is 366 g/mol. The zero-order chi connectivity index (χ0) is 16.8. The van der Waals surface area contributed by atoms with Crippen molar-refractivity contribution in [2.75, 3.05) is 19.1 Å². The van der Waals surface area contributed by atoms with Gasteiger partial charge in [0.15, 0.2) is 11.5 Å². The van der Waals surface area contributed by atoms with Crippen molar-refractivity contribution in [3.8, 4) is 11.5 Å². The Morgan fingerprint density at radius 1 is 1.43 bits per heavy atom. The predicted molar refractivity (Wildman–Crippen MR) is 90.5 cm³/mol. The van der Waals surface area contributed by atoms with Crippen LogP contribution in [0.2, 0.25) is 0 Å². The van der Waals surface area contributed by atoms with Gasteiger partial charge in [0.25, 0.3) is 5.56 Å². The minimum absolute atomic E-state index is 0.161. The molecule has 8 nitrogen and oxygen atoms in total. The molecule has 0 saturated heterocycles. The standard InChI is InChI=1S/C14H16BrN5O3/c1-4-23-12-10(15)5-9(6-11(12)22-3)7-16-19-14-17-13(21)8(2)18-20-14/h5-7H,4H2,1-3H3,(H2,17,19,20,21)/b16-7-. The average Bonchev–Trinajstić information content (AvgIpc) is 2.53. The Balaban J connectivity index is 2.17. The molecule has 0 radical (unpaired) electrons. The highest BCUT2D eigenvalue weighted by atomic mass is 79.9. The van der Waals surface area contributed by atoms with Gasteiger partial charge >= 0.3 is 0 Å². The molecule has 0 fully saturated rings. The lowest BCUT2D eigenvalue weighted by molar-refractivity contribution is 0.309. The molecule has 2 rings (SSSR count). The van der Waals surface area contributed by atoms with Gasteiger partial charge < -0.3 is 9.47 Å². The third-order valence-corrected chi connectivity index (χ3v) is 3.37. The van der Waals surface area contributed by atoms with Crippen LogP contribution in [0.4, 0.5) is 5.95 Å². The van der Waals surface area contributed by atoms with E-state index in [1.165, 1.54) is 0 Å². The van der Waals surface area contributed by atoms with Gasteiger partial charge in [-0.2, -0.15) is 5.10 Å². The van der Waals surface area contributed by atoms with E-state index in [-0.39, 0.29) is 11.5 Å². The normalized spacial score (nSPS) is 10.8. The number of ether oxygens (including phenoxy) is 2. The van der Waals surface area contributed by atoms with Crippen LogP contribution in [0.25, 0.3) is 0 Å². The number of aromatic nitrogens is 3. The Labute approximate surface area is 141 Å². The zero-order valence-electron chi connectivity index (χ0n) is 12.9. The average molecular weight is 382 g/mol. The predicted octanol–water partition coefficient (Wildman–Crippen LogP) is 2.09. The van der Waals surface area contributed by atoms with Crippen molar-refractivity contribution in [2.45, 2.75) is 13.8 Å². The number of H-pyrrole nitrogens is 1. The van der Waals surface area contributed by atoms with Crippen LogP contribution < -0.4 is 20.5 Å². The third kappa shape index (κ3) is 4.28. The van der Waals surface area contributed by atoms with Gasteiger partial charge in [-0.25, -0.2) is 5.43 Å². The fraction of sp³-hybridized carbons (Fsp3) is 0.286. The number of nitrogens with zero attached hydrogens (tertiary/aromatic N) is 3. The summed E-state index contributed by atoms with van der Waals surface area (Å²) in [5.41, 5.74) is 3.36. The first-order valence-electron chi connectivity index (χ1n) is 6.78. The van der Waals surface area contributed by atoms with E-state index in [9.17, 15) is 4.79 Å². The molecule has 1 aromatic heterocycles. The minimum atomic E-state index is -0.316. The lowest BCUT2D eigenvalue weighted by atomic mass is 10.2. The molecule has 0 aliphatic heterocycles. The van der Waals surface area contributed by atoms with Gasteiger partial charge in [0.2, 0.25) is 5.95 Å². The van der Waals surface area contributed by atoms with E-state index in [2.05, 4.69) is 41.6 Å². The Hall–Kier alpha value is -2.42. The number of hydrazone groups is 1. The largest absolute Gasteiger partial charge is 0.493 e. The fourth-order valence-electron chi connectivity index (χ4n) is 1.71. The SMILES string of the molecule is CCOc1c(Br)cc(/C=N\Nc2nnc(C)c(=O)[nH]2)cc1OC. The number of anilines is 1. The van der Waals surface area contributed by atoms with E-state index in [1.54, 1.807) is 26.3 Å². The molecule has 0 unspecified atom stereocenters. The number of aromatic amines is 1. The summed E-state index contributed by atoms with van der Waals surface area (Å²) in [6, 6.07) is 3.62. The summed E-state index contributed by atoms with van der Waals surface area (Å²) in [7, 11) is 1.57. The summed E-state index contributed by atoms with van der Waals surface area (Å²) in [5.74, 6) is 1.38. The highest BCUT2D eigenvalue weighted by molar-refractivity contribution is 9.10. The molecule has 0 aliphatic rings. The molecule has 2 aromatic rings. The molecule has 0 aliphatic carbocycles. The van der Waals surface area contributed by atoms with Crippen LogP contribution in [-0.2, 0) is 0 Å². The van der Waals surface area contributed by atoms with Crippen molar-refractivity contribution in [3.63, 3.8) is 0 Å². The second kappa shape index (κ2) is 7.73. The number of benzene rings is 1. The molecule has 0 amide bonds. The van der Waals surface area contributed by atoms with Crippen LogP contribution in [0.3, 0.4) is 0 Å². The van der Waals surface area contributed by atoms with Crippen molar-refractivity contribution >= 4 is 28.1 Å². The molecule has 0 spiro atoms. The van der Waals surface area contributed by atoms with Crippen molar-refractivity contribution in [3.05, 3.63) is 38.2 Å². The van der Waals surface area contributed by atoms with Crippen LogP contribution >= 0.6 is 15.9 Å². The summed E-state index contributed by atoms with van der Waals surface area (Å²) in [6.07, 6.45) is 1.56. The van der Waals surface area contributed by atoms with Gasteiger partial charge in [-0.1, -0.05) is 0 Å². The first-order valence-corrected chi connectivity index (χ1v) is 7.57. The zero-order valence-corrected chi connectivity index (χ0v) is 14.5. The summed E-state index contributed by atoms with van der Waals surface area (Å²) in [5, 5.41) is 11.5. The molecular formula is C14H16BrN5O3. The number of methoxy groups -OCH3 is 1. The Bertz CT molecular complexity index is 775.